The number of rotatable bonds is 8. The first-order valence-electron chi connectivity index (χ1n) is 9.93. The van der Waals surface area contributed by atoms with E-state index in [2.05, 4.69) is 20.5 Å². The van der Waals surface area contributed by atoms with Crippen LogP contribution < -0.4 is 10.1 Å². The zero-order valence-electron chi connectivity index (χ0n) is 17.2. The summed E-state index contributed by atoms with van der Waals surface area (Å²) in [4.78, 5) is 16.8. The van der Waals surface area contributed by atoms with Crippen molar-refractivity contribution in [3.8, 4) is 23.0 Å². The number of hydrogen-bond acceptors (Lipinski definition) is 6. The fourth-order valence-electron chi connectivity index (χ4n) is 2.99. The van der Waals surface area contributed by atoms with E-state index in [0.717, 1.165) is 11.4 Å². The molecular weight excluding hydrogens is 429 g/mol. The largest absolute Gasteiger partial charge is 0.494 e. The molecule has 0 spiro atoms. The van der Waals surface area contributed by atoms with Gasteiger partial charge in [-0.3, -0.25) is 14.3 Å². The smallest absolute Gasteiger partial charge is 0.234 e. The van der Waals surface area contributed by atoms with Crippen LogP contribution in [0.2, 0.25) is 0 Å². The van der Waals surface area contributed by atoms with Gasteiger partial charge < -0.3 is 10.1 Å². The summed E-state index contributed by atoms with van der Waals surface area (Å²) in [6, 6.07) is 19.1. The molecule has 2 aromatic heterocycles. The zero-order chi connectivity index (χ0) is 22.3. The maximum Gasteiger partial charge on any atom is 0.234 e. The summed E-state index contributed by atoms with van der Waals surface area (Å²) >= 11 is 1.20. The van der Waals surface area contributed by atoms with Gasteiger partial charge in [0, 0.05) is 6.20 Å². The van der Waals surface area contributed by atoms with Gasteiger partial charge in [-0.25, -0.2) is 4.39 Å². The average molecular weight is 450 g/mol. The van der Waals surface area contributed by atoms with E-state index in [-0.39, 0.29) is 17.3 Å². The molecule has 9 heteroatoms. The maximum atomic E-state index is 13.8. The summed E-state index contributed by atoms with van der Waals surface area (Å²) in [6.45, 7) is 2.50. The third kappa shape index (κ3) is 4.94. The van der Waals surface area contributed by atoms with Gasteiger partial charge in [-0.2, -0.15) is 0 Å². The minimum atomic E-state index is -0.485. The number of aromatic nitrogens is 4. The highest BCUT2D eigenvalue weighted by Gasteiger charge is 2.18. The van der Waals surface area contributed by atoms with Crippen molar-refractivity contribution in [2.75, 3.05) is 17.7 Å². The number of pyridine rings is 1. The second kappa shape index (κ2) is 10.1. The number of halogens is 1. The van der Waals surface area contributed by atoms with Gasteiger partial charge in [0.2, 0.25) is 5.91 Å². The molecule has 0 unspecified atom stereocenters. The molecule has 0 fully saturated rings. The van der Waals surface area contributed by atoms with Crippen LogP contribution in [0, 0.1) is 5.82 Å². The van der Waals surface area contributed by atoms with Gasteiger partial charge >= 0.3 is 0 Å². The van der Waals surface area contributed by atoms with Crippen molar-refractivity contribution >= 4 is 23.4 Å². The summed E-state index contributed by atoms with van der Waals surface area (Å²) in [6.07, 6.45) is 1.68. The van der Waals surface area contributed by atoms with Crippen molar-refractivity contribution in [1.29, 1.82) is 0 Å². The van der Waals surface area contributed by atoms with Crippen molar-refractivity contribution in [2.24, 2.45) is 0 Å². The second-order valence-electron chi connectivity index (χ2n) is 6.60. The van der Waals surface area contributed by atoms with Crippen molar-refractivity contribution in [3.63, 3.8) is 0 Å². The van der Waals surface area contributed by atoms with Gasteiger partial charge in [-0.15, -0.1) is 10.2 Å². The molecule has 1 N–H and O–H groups in total. The van der Waals surface area contributed by atoms with E-state index in [1.807, 2.05) is 54.0 Å². The molecule has 0 atom stereocenters. The van der Waals surface area contributed by atoms with E-state index >= 15 is 0 Å². The molecule has 0 bridgehead atoms. The molecule has 0 radical (unpaired) electrons. The summed E-state index contributed by atoms with van der Waals surface area (Å²) in [5.74, 6) is 0.502. The lowest BCUT2D eigenvalue weighted by Gasteiger charge is -2.11. The Morgan fingerprint density at radius 2 is 1.84 bits per heavy atom. The van der Waals surface area contributed by atoms with Gasteiger partial charge in [0.15, 0.2) is 11.0 Å². The van der Waals surface area contributed by atoms with Crippen molar-refractivity contribution < 1.29 is 13.9 Å². The SMILES string of the molecule is CCOc1ccc(-n2c(SCC(=O)Nc3ccccc3F)nnc2-c2ccccn2)cc1. The molecule has 4 rings (SSSR count). The minimum absolute atomic E-state index is 0.0334. The molecule has 1 amide bonds. The third-order valence-corrected chi connectivity index (χ3v) is 5.34. The number of para-hydroxylation sites is 1. The molecule has 0 saturated heterocycles. The Labute approximate surface area is 188 Å². The summed E-state index contributed by atoms with van der Waals surface area (Å²) in [7, 11) is 0. The van der Waals surface area contributed by atoms with Crippen LogP contribution in [0.4, 0.5) is 10.1 Å². The van der Waals surface area contributed by atoms with Gasteiger partial charge in [-0.05, 0) is 55.5 Å². The number of benzene rings is 2. The highest BCUT2D eigenvalue weighted by molar-refractivity contribution is 7.99. The van der Waals surface area contributed by atoms with Gasteiger partial charge in [-0.1, -0.05) is 30.0 Å². The van der Waals surface area contributed by atoms with Crippen LogP contribution in [-0.2, 0) is 4.79 Å². The second-order valence-corrected chi connectivity index (χ2v) is 7.54. The van der Waals surface area contributed by atoms with Crippen LogP contribution >= 0.6 is 11.8 Å². The average Bonchev–Trinajstić information content (AvgIpc) is 3.24. The Bertz CT molecular complexity index is 1200. The maximum absolute atomic E-state index is 13.8. The Hall–Kier alpha value is -3.72. The first kappa shape index (κ1) is 21.5. The first-order valence-corrected chi connectivity index (χ1v) is 10.9. The molecule has 4 aromatic rings. The lowest BCUT2D eigenvalue weighted by atomic mass is 10.3. The topological polar surface area (TPSA) is 81.9 Å². The van der Waals surface area contributed by atoms with E-state index in [0.29, 0.717) is 23.3 Å². The van der Waals surface area contributed by atoms with Crippen molar-refractivity contribution in [2.45, 2.75) is 12.1 Å². The number of ether oxygens (including phenoxy) is 1. The molecule has 0 aliphatic heterocycles. The van der Waals surface area contributed by atoms with Crippen LogP contribution in [0.5, 0.6) is 5.75 Å². The van der Waals surface area contributed by atoms with Gasteiger partial charge in [0.25, 0.3) is 0 Å². The fraction of sp³-hybridized carbons (Fsp3) is 0.130. The van der Waals surface area contributed by atoms with Crippen LogP contribution in [0.15, 0.2) is 78.1 Å². The number of anilines is 1. The number of thioether (sulfide) groups is 1. The predicted molar refractivity (Wildman–Crippen MR) is 122 cm³/mol. The minimum Gasteiger partial charge on any atom is -0.494 e. The quantitative estimate of drug-likeness (QED) is 0.396. The molecule has 0 aliphatic carbocycles. The molecule has 0 aliphatic rings. The molecule has 2 heterocycles. The monoisotopic (exact) mass is 449 g/mol. The van der Waals surface area contributed by atoms with Crippen molar-refractivity contribution in [3.05, 3.63) is 78.7 Å². The number of nitrogens with zero attached hydrogens (tertiary/aromatic N) is 4. The van der Waals surface area contributed by atoms with E-state index in [9.17, 15) is 9.18 Å². The van der Waals surface area contributed by atoms with Gasteiger partial charge in [0.1, 0.15) is 17.3 Å². The molecule has 32 heavy (non-hydrogen) atoms. The number of nitrogens with one attached hydrogen (secondary N) is 1. The predicted octanol–water partition coefficient (Wildman–Crippen LogP) is 4.60. The Balaban J connectivity index is 1.60. The molecular formula is C23H20FN5O2S. The van der Waals surface area contributed by atoms with E-state index in [1.165, 1.54) is 23.9 Å². The van der Waals surface area contributed by atoms with Crippen molar-refractivity contribution in [1.82, 2.24) is 19.7 Å². The third-order valence-electron chi connectivity index (χ3n) is 4.41. The highest BCUT2D eigenvalue weighted by Crippen LogP contribution is 2.28. The van der Waals surface area contributed by atoms with E-state index < -0.39 is 5.82 Å². The van der Waals surface area contributed by atoms with E-state index in [4.69, 9.17) is 4.74 Å². The molecule has 2 aromatic carbocycles. The molecule has 7 nitrogen and oxygen atoms in total. The highest BCUT2D eigenvalue weighted by atomic mass is 32.2. The normalized spacial score (nSPS) is 10.7. The summed E-state index contributed by atoms with van der Waals surface area (Å²) in [5, 5.41) is 11.7. The number of hydrogen-bond donors (Lipinski definition) is 1. The number of carbonyl (C=O) groups excluding carboxylic acids is 1. The van der Waals surface area contributed by atoms with Crippen LogP contribution in [-0.4, -0.2) is 38.0 Å². The van der Waals surface area contributed by atoms with Crippen LogP contribution in [0.25, 0.3) is 17.2 Å². The fourth-order valence-corrected chi connectivity index (χ4v) is 3.75. The van der Waals surface area contributed by atoms with E-state index in [1.54, 1.807) is 18.3 Å². The Kier molecular flexibility index (Phi) is 6.76. The first-order chi connectivity index (χ1) is 15.7. The van der Waals surface area contributed by atoms with Gasteiger partial charge in [0.05, 0.1) is 23.7 Å². The Morgan fingerprint density at radius 3 is 2.56 bits per heavy atom. The van der Waals surface area contributed by atoms with Crippen LogP contribution in [0.1, 0.15) is 6.92 Å². The Morgan fingerprint density at radius 1 is 1.06 bits per heavy atom. The summed E-state index contributed by atoms with van der Waals surface area (Å²) < 4.78 is 21.2. The van der Waals surface area contributed by atoms with Crippen LogP contribution in [0.3, 0.4) is 0 Å². The zero-order valence-corrected chi connectivity index (χ0v) is 18.1. The standard InChI is InChI=1S/C23H20FN5O2S/c1-2-31-17-12-10-16(11-13-17)29-22(20-9-5-6-14-25-20)27-28-23(29)32-15-21(30)26-19-8-4-3-7-18(19)24/h3-14H,2,15H2,1H3,(H,26,30). The number of amides is 1. The number of carbonyl (C=O) groups is 1. The lowest BCUT2D eigenvalue weighted by Crippen LogP contribution is -2.15. The molecule has 162 valence electrons. The lowest BCUT2D eigenvalue weighted by molar-refractivity contribution is -0.113. The molecule has 0 saturated carbocycles. The summed E-state index contributed by atoms with van der Waals surface area (Å²) in [5.41, 5.74) is 1.59.